The smallest absolute Gasteiger partial charge is 0.235 e. The van der Waals surface area contributed by atoms with E-state index in [-0.39, 0.29) is 17.3 Å². The molecule has 0 spiro atoms. The lowest BCUT2D eigenvalue weighted by atomic mass is 10.1. The summed E-state index contributed by atoms with van der Waals surface area (Å²) in [7, 11) is 0. The molecule has 4 nitrogen and oxygen atoms in total. The number of aliphatic hydroxyl groups is 1. The Labute approximate surface area is 132 Å². The van der Waals surface area contributed by atoms with Gasteiger partial charge in [-0.05, 0) is 31.9 Å². The molecule has 6 heteroatoms. The molecule has 2 heterocycles. The van der Waals surface area contributed by atoms with E-state index < -0.39 is 0 Å². The number of aromatic nitrogens is 1. The summed E-state index contributed by atoms with van der Waals surface area (Å²) in [5, 5.41) is 9.51. The normalized spacial score (nSPS) is 20.7. The number of piperidine rings is 1. The third-order valence-electron chi connectivity index (χ3n) is 3.61. The molecule has 3 rings (SSSR count). The number of fused-ring (bicyclic) bond motifs is 1. The van der Waals surface area contributed by atoms with Crippen LogP contribution in [0.2, 0.25) is 0 Å². The topological polar surface area (TPSA) is 53.4 Å². The lowest BCUT2D eigenvalue weighted by molar-refractivity contribution is -0.133. The maximum absolute atomic E-state index is 12.4. The van der Waals surface area contributed by atoms with E-state index in [9.17, 15) is 9.90 Å². The Morgan fingerprint density at radius 1 is 1.52 bits per heavy atom. The van der Waals surface area contributed by atoms with Crippen molar-refractivity contribution in [3.63, 3.8) is 0 Å². The fraction of sp³-hybridized carbons (Fsp3) is 0.467. The molecule has 21 heavy (non-hydrogen) atoms. The maximum atomic E-state index is 12.4. The minimum Gasteiger partial charge on any atom is -0.391 e. The largest absolute Gasteiger partial charge is 0.391 e. The summed E-state index contributed by atoms with van der Waals surface area (Å²) >= 11 is 3.13. The van der Waals surface area contributed by atoms with E-state index in [4.69, 9.17) is 0 Å². The van der Waals surface area contributed by atoms with Gasteiger partial charge < -0.3 is 10.0 Å². The van der Waals surface area contributed by atoms with E-state index in [1.54, 1.807) is 16.2 Å². The Hall–Kier alpha value is -1.11. The Balaban J connectivity index is 1.67. The van der Waals surface area contributed by atoms with Gasteiger partial charge >= 0.3 is 0 Å². The van der Waals surface area contributed by atoms with Crippen LogP contribution in [0.5, 0.6) is 0 Å². The lowest BCUT2D eigenvalue weighted by Crippen LogP contribution is -2.45. The van der Waals surface area contributed by atoms with Gasteiger partial charge in [0.05, 0.1) is 21.6 Å². The van der Waals surface area contributed by atoms with Crippen molar-refractivity contribution >= 4 is 39.2 Å². The number of thiazole rings is 1. The van der Waals surface area contributed by atoms with Crippen molar-refractivity contribution in [1.29, 1.82) is 0 Å². The number of para-hydroxylation sites is 1. The van der Waals surface area contributed by atoms with Crippen LogP contribution in [0, 0.1) is 0 Å². The molecule has 0 radical (unpaired) electrons. The number of rotatable bonds is 3. The second-order valence-electron chi connectivity index (χ2n) is 5.29. The van der Waals surface area contributed by atoms with Gasteiger partial charge in [0.1, 0.15) is 0 Å². The van der Waals surface area contributed by atoms with Gasteiger partial charge in [-0.15, -0.1) is 11.3 Å². The van der Waals surface area contributed by atoms with Crippen molar-refractivity contribution in [1.82, 2.24) is 9.88 Å². The van der Waals surface area contributed by atoms with E-state index in [0.717, 1.165) is 33.9 Å². The minimum atomic E-state index is -0.373. The van der Waals surface area contributed by atoms with Crippen molar-refractivity contribution in [2.75, 3.05) is 13.1 Å². The van der Waals surface area contributed by atoms with Crippen LogP contribution in [0.3, 0.4) is 0 Å². The molecular formula is C15H18N2O2S2. The van der Waals surface area contributed by atoms with E-state index in [1.807, 2.05) is 31.2 Å². The first-order valence-electron chi connectivity index (χ1n) is 7.12. The highest BCUT2D eigenvalue weighted by atomic mass is 32.2. The molecular weight excluding hydrogens is 304 g/mol. The van der Waals surface area contributed by atoms with Crippen LogP contribution < -0.4 is 0 Å². The molecule has 1 aliphatic rings. The molecule has 0 aliphatic carbocycles. The number of benzene rings is 1. The highest BCUT2D eigenvalue weighted by Crippen LogP contribution is 2.32. The second kappa shape index (κ2) is 6.34. The van der Waals surface area contributed by atoms with Gasteiger partial charge in [-0.1, -0.05) is 23.9 Å². The monoisotopic (exact) mass is 322 g/mol. The number of nitrogens with zero attached hydrogens (tertiary/aromatic N) is 2. The maximum Gasteiger partial charge on any atom is 0.235 e. The van der Waals surface area contributed by atoms with Crippen LogP contribution in [0.1, 0.15) is 19.8 Å². The SMILES string of the molecule is CC(Sc1nc2ccccc2s1)C(=O)N1CCCC(O)C1. The number of carbonyl (C=O) groups excluding carboxylic acids is 1. The first-order chi connectivity index (χ1) is 10.1. The molecule has 1 amide bonds. The van der Waals surface area contributed by atoms with Crippen molar-refractivity contribution in [2.24, 2.45) is 0 Å². The zero-order valence-electron chi connectivity index (χ0n) is 11.9. The van der Waals surface area contributed by atoms with Crippen molar-refractivity contribution in [3.8, 4) is 0 Å². The number of aliphatic hydroxyl groups excluding tert-OH is 1. The molecule has 2 unspecified atom stereocenters. The summed E-state index contributed by atoms with van der Waals surface area (Å²) in [6.45, 7) is 3.13. The molecule has 1 aromatic heterocycles. The number of β-amino-alcohol motifs (C(OH)–C–C–N with tert-alkyl or cyclic N) is 1. The number of amides is 1. The third-order valence-corrected chi connectivity index (χ3v) is 5.83. The molecule has 1 aromatic carbocycles. The summed E-state index contributed by atoms with van der Waals surface area (Å²) in [6.07, 6.45) is 1.30. The highest BCUT2D eigenvalue weighted by Gasteiger charge is 2.26. The standard InChI is InChI=1S/C15H18N2O2S2/c1-10(14(19)17-8-4-5-11(18)9-17)20-15-16-12-6-2-3-7-13(12)21-15/h2-3,6-7,10-11,18H,4-5,8-9H2,1H3. The molecule has 0 saturated carbocycles. The van der Waals surface area contributed by atoms with Crippen molar-refractivity contribution < 1.29 is 9.90 Å². The molecule has 1 N–H and O–H groups in total. The molecule has 1 aliphatic heterocycles. The van der Waals surface area contributed by atoms with E-state index >= 15 is 0 Å². The summed E-state index contributed by atoms with van der Waals surface area (Å²) in [5.41, 5.74) is 0.984. The van der Waals surface area contributed by atoms with Crippen LogP contribution >= 0.6 is 23.1 Å². The van der Waals surface area contributed by atoms with Gasteiger partial charge in [-0.2, -0.15) is 0 Å². The molecule has 2 atom stereocenters. The lowest BCUT2D eigenvalue weighted by Gasteiger charge is -2.31. The molecule has 112 valence electrons. The Bertz CT molecular complexity index is 610. The van der Waals surface area contributed by atoms with E-state index in [0.29, 0.717) is 6.54 Å². The van der Waals surface area contributed by atoms with Gasteiger partial charge in [0, 0.05) is 13.1 Å². The number of thioether (sulfide) groups is 1. The van der Waals surface area contributed by atoms with Gasteiger partial charge in [-0.25, -0.2) is 4.98 Å². The Kier molecular flexibility index (Phi) is 4.47. The first kappa shape index (κ1) is 14.8. The van der Waals surface area contributed by atoms with Crippen LogP contribution in [0.4, 0.5) is 0 Å². The van der Waals surface area contributed by atoms with Gasteiger partial charge in [0.2, 0.25) is 5.91 Å². The number of likely N-dealkylation sites (tertiary alicyclic amines) is 1. The predicted molar refractivity (Wildman–Crippen MR) is 86.8 cm³/mol. The fourth-order valence-corrected chi connectivity index (χ4v) is 4.81. The van der Waals surface area contributed by atoms with Gasteiger partial charge in [-0.3, -0.25) is 4.79 Å². The van der Waals surface area contributed by atoms with Crippen LogP contribution in [-0.2, 0) is 4.79 Å². The van der Waals surface area contributed by atoms with Crippen LogP contribution in [0.25, 0.3) is 10.2 Å². The highest BCUT2D eigenvalue weighted by molar-refractivity contribution is 8.02. The summed E-state index contributed by atoms with van der Waals surface area (Å²) in [6, 6.07) is 8.01. The summed E-state index contributed by atoms with van der Waals surface area (Å²) < 4.78 is 2.07. The average Bonchev–Trinajstić information content (AvgIpc) is 2.88. The van der Waals surface area contributed by atoms with Gasteiger partial charge in [0.15, 0.2) is 4.34 Å². The van der Waals surface area contributed by atoms with Crippen LogP contribution in [-0.4, -0.2) is 45.3 Å². The first-order valence-corrected chi connectivity index (χ1v) is 8.82. The zero-order chi connectivity index (χ0) is 14.8. The number of hydrogen-bond acceptors (Lipinski definition) is 5. The van der Waals surface area contributed by atoms with Crippen LogP contribution in [0.15, 0.2) is 28.6 Å². The summed E-state index contributed by atoms with van der Waals surface area (Å²) in [4.78, 5) is 18.8. The van der Waals surface area contributed by atoms with E-state index in [2.05, 4.69) is 4.98 Å². The Morgan fingerprint density at radius 3 is 3.10 bits per heavy atom. The molecule has 0 bridgehead atoms. The Morgan fingerprint density at radius 2 is 2.33 bits per heavy atom. The van der Waals surface area contributed by atoms with Crippen molar-refractivity contribution in [2.45, 2.75) is 35.5 Å². The van der Waals surface area contributed by atoms with Crippen molar-refractivity contribution in [3.05, 3.63) is 24.3 Å². The third kappa shape index (κ3) is 3.39. The average molecular weight is 322 g/mol. The molecule has 1 saturated heterocycles. The molecule has 2 aromatic rings. The number of hydrogen-bond donors (Lipinski definition) is 1. The fourth-order valence-electron chi connectivity index (χ4n) is 2.52. The number of carbonyl (C=O) groups is 1. The predicted octanol–water partition coefficient (Wildman–Crippen LogP) is 2.76. The second-order valence-corrected chi connectivity index (χ2v) is 7.91. The van der Waals surface area contributed by atoms with E-state index in [1.165, 1.54) is 11.8 Å². The van der Waals surface area contributed by atoms with Gasteiger partial charge in [0.25, 0.3) is 0 Å². The zero-order valence-corrected chi connectivity index (χ0v) is 13.5. The molecule has 1 fully saturated rings. The summed E-state index contributed by atoms with van der Waals surface area (Å²) in [5.74, 6) is 0.0954. The quantitative estimate of drug-likeness (QED) is 0.883. The minimum absolute atomic E-state index is 0.0954.